The molecule has 0 aliphatic rings. The minimum absolute atomic E-state index is 0.463. The lowest BCUT2D eigenvalue weighted by Gasteiger charge is -2.10. The second-order valence-corrected chi connectivity index (χ2v) is 7.08. The van der Waals surface area contributed by atoms with Gasteiger partial charge in [0.1, 0.15) is 47.7 Å². The third kappa shape index (κ3) is 7.59. The Morgan fingerprint density at radius 1 is 0.333 bits per heavy atom. The van der Waals surface area contributed by atoms with Crippen LogP contribution in [0, 0.1) is 0 Å². The molecule has 4 aromatic rings. The Balaban J connectivity index is 1.08. The lowest BCUT2D eigenvalue weighted by molar-refractivity contribution is 0.0764. The number of benzene rings is 4. The van der Waals surface area contributed by atoms with Crippen molar-refractivity contribution in [1.29, 1.82) is 0 Å². The molecule has 0 radical (unpaired) electrons. The first kappa shape index (κ1) is 22.2. The molecule has 168 valence electrons. The quantitative estimate of drug-likeness (QED) is 0.227. The van der Waals surface area contributed by atoms with Crippen LogP contribution in [-0.2, 0) is 4.74 Å². The van der Waals surface area contributed by atoms with Gasteiger partial charge in [-0.1, -0.05) is 36.4 Å². The van der Waals surface area contributed by atoms with Crippen molar-refractivity contribution >= 4 is 0 Å². The smallest absolute Gasteiger partial charge is 0.127 e. The monoisotopic (exact) mass is 442 g/mol. The van der Waals surface area contributed by atoms with Gasteiger partial charge in [-0.25, -0.2) is 0 Å². The molecule has 0 aliphatic carbocycles. The average molecular weight is 443 g/mol. The van der Waals surface area contributed by atoms with Crippen molar-refractivity contribution in [2.75, 3.05) is 26.4 Å². The summed E-state index contributed by atoms with van der Waals surface area (Å²) in [6.07, 6.45) is 0. The molecule has 33 heavy (non-hydrogen) atoms. The van der Waals surface area contributed by atoms with Gasteiger partial charge in [-0.15, -0.1) is 0 Å². The van der Waals surface area contributed by atoms with Crippen molar-refractivity contribution in [2.24, 2.45) is 0 Å². The van der Waals surface area contributed by atoms with Gasteiger partial charge in [0.25, 0.3) is 0 Å². The lowest BCUT2D eigenvalue weighted by atomic mass is 10.3. The first-order valence-electron chi connectivity index (χ1n) is 10.8. The molecule has 0 saturated heterocycles. The van der Waals surface area contributed by atoms with Crippen molar-refractivity contribution in [1.82, 2.24) is 0 Å². The van der Waals surface area contributed by atoms with Crippen molar-refractivity contribution < 1.29 is 23.7 Å². The van der Waals surface area contributed by atoms with E-state index in [4.69, 9.17) is 23.7 Å². The van der Waals surface area contributed by atoms with E-state index in [0.717, 1.165) is 34.5 Å². The van der Waals surface area contributed by atoms with Gasteiger partial charge < -0.3 is 23.7 Å². The fourth-order valence-corrected chi connectivity index (χ4v) is 3.00. The highest BCUT2D eigenvalue weighted by molar-refractivity contribution is 5.36. The van der Waals surface area contributed by atoms with Crippen LogP contribution in [0.4, 0.5) is 0 Å². The molecule has 0 spiro atoms. The molecule has 0 bridgehead atoms. The minimum Gasteiger partial charge on any atom is -0.491 e. The summed E-state index contributed by atoms with van der Waals surface area (Å²) in [5.74, 6) is 4.68. The summed E-state index contributed by atoms with van der Waals surface area (Å²) >= 11 is 0. The fraction of sp³-hybridized carbons (Fsp3) is 0.143. The molecule has 0 aromatic heterocycles. The maximum absolute atomic E-state index is 5.77. The van der Waals surface area contributed by atoms with E-state index in [1.54, 1.807) is 0 Å². The molecule has 0 saturated carbocycles. The summed E-state index contributed by atoms with van der Waals surface area (Å²) in [4.78, 5) is 0. The standard InChI is InChI=1S/C28H26O5/c1-3-7-25(8-4-1)32-27-15-11-23(12-16-27)30-21-19-29-20-22-31-24-13-17-28(18-14-24)33-26-9-5-2-6-10-26/h1-18H,19-22H2. The molecule has 5 heteroatoms. The van der Waals surface area contributed by atoms with Crippen LogP contribution in [0.3, 0.4) is 0 Å². The normalized spacial score (nSPS) is 10.4. The van der Waals surface area contributed by atoms with E-state index in [2.05, 4.69) is 0 Å². The largest absolute Gasteiger partial charge is 0.491 e. The fourth-order valence-electron chi connectivity index (χ4n) is 3.00. The molecule has 0 fully saturated rings. The van der Waals surface area contributed by atoms with Gasteiger partial charge in [0.2, 0.25) is 0 Å². The van der Waals surface area contributed by atoms with Gasteiger partial charge in [-0.3, -0.25) is 0 Å². The number of para-hydroxylation sites is 2. The van der Waals surface area contributed by atoms with Gasteiger partial charge in [0.15, 0.2) is 0 Å². The Morgan fingerprint density at radius 2 is 0.667 bits per heavy atom. The van der Waals surface area contributed by atoms with Crippen LogP contribution in [0.5, 0.6) is 34.5 Å². The van der Waals surface area contributed by atoms with Crippen molar-refractivity contribution in [2.45, 2.75) is 0 Å². The first-order chi connectivity index (χ1) is 16.3. The molecule has 0 aliphatic heterocycles. The third-order valence-electron chi connectivity index (χ3n) is 4.60. The minimum atomic E-state index is 0.463. The Labute approximate surface area is 194 Å². The van der Waals surface area contributed by atoms with E-state index < -0.39 is 0 Å². The molecular formula is C28H26O5. The van der Waals surface area contributed by atoms with Gasteiger partial charge in [-0.2, -0.15) is 0 Å². The number of hydrogen-bond acceptors (Lipinski definition) is 5. The number of hydrogen-bond donors (Lipinski definition) is 0. The predicted molar refractivity (Wildman–Crippen MR) is 128 cm³/mol. The average Bonchev–Trinajstić information content (AvgIpc) is 2.87. The maximum atomic E-state index is 5.77. The summed E-state index contributed by atoms with van der Waals surface area (Å²) in [6, 6.07) is 34.4. The summed E-state index contributed by atoms with van der Waals surface area (Å²) in [6.45, 7) is 1.89. The highest BCUT2D eigenvalue weighted by Gasteiger charge is 2.00. The van der Waals surface area contributed by atoms with Crippen molar-refractivity contribution in [3.63, 3.8) is 0 Å². The van der Waals surface area contributed by atoms with Crippen LogP contribution >= 0.6 is 0 Å². The Morgan fingerprint density at radius 3 is 1.06 bits per heavy atom. The molecule has 5 nitrogen and oxygen atoms in total. The van der Waals surface area contributed by atoms with Gasteiger partial charge in [0, 0.05) is 0 Å². The van der Waals surface area contributed by atoms with Gasteiger partial charge in [0.05, 0.1) is 13.2 Å². The molecule has 4 rings (SSSR count). The molecule has 0 heterocycles. The van der Waals surface area contributed by atoms with E-state index >= 15 is 0 Å². The second kappa shape index (κ2) is 12.2. The summed E-state index contributed by atoms with van der Waals surface area (Å²) in [5.41, 5.74) is 0. The van der Waals surface area contributed by atoms with Crippen LogP contribution in [0.2, 0.25) is 0 Å². The van der Waals surface area contributed by atoms with E-state index in [9.17, 15) is 0 Å². The van der Waals surface area contributed by atoms with E-state index in [-0.39, 0.29) is 0 Å². The van der Waals surface area contributed by atoms with Crippen LogP contribution in [-0.4, -0.2) is 26.4 Å². The molecule has 4 aromatic carbocycles. The van der Waals surface area contributed by atoms with Crippen molar-refractivity contribution in [3.8, 4) is 34.5 Å². The third-order valence-corrected chi connectivity index (χ3v) is 4.60. The van der Waals surface area contributed by atoms with Crippen LogP contribution in [0.15, 0.2) is 109 Å². The maximum Gasteiger partial charge on any atom is 0.127 e. The zero-order chi connectivity index (χ0) is 22.6. The van der Waals surface area contributed by atoms with E-state index in [1.165, 1.54) is 0 Å². The predicted octanol–water partition coefficient (Wildman–Crippen LogP) is 6.75. The van der Waals surface area contributed by atoms with Gasteiger partial charge >= 0.3 is 0 Å². The van der Waals surface area contributed by atoms with Crippen LogP contribution in [0.25, 0.3) is 0 Å². The topological polar surface area (TPSA) is 46.2 Å². The van der Waals surface area contributed by atoms with Gasteiger partial charge in [-0.05, 0) is 72.8 Å². The summed E-state index contributed by atoms with van der Waals surface area (Å²) in [5, 5.41) is 0. The Kier molecular flexibility index (Phi) is 8.20. The number of rotatable bonds is 12. The van der Waals surface area contributed by atoms with E-state index in [1.807, 2.05) is 109 Å². The highest BCUT2D eigenvalue weighted by atomic mass is 16.5. The van der Waals surface area contributed by atoms with Crippen LogP contribution in [0.1, 0.15) is 0 Å². The Hall–Kier alpha value is -3.96. The highest BCUT2D eigenvalue weighted by Crippen LogP contribution is 2.24. The summed E-state index contributed by atoms with van der Waals surface area (Å²) in [7, 11) is 0. The molecule has 0 atom stereocenters. The van der Waals surface area contributed by atoms with Crippen LogP contribution < -0.4 is 18.9 Å². The molecular weight excluding hydrogens is 416 g/mol. The lowest BCUT2D eigenvalue weighted by Crippen LogP contribution is -2.12. The molecule has 0 N–H and O–H groups in total. The number of ether oxygens (including phenoxy) is 5. The summed E-state index contributed by atoms with van der Waals surface area (Å²) < 4.78 is 28.5. The molecule has 0 amide bonds. The zero-order valence-corrected chi connectivity index (χ0v) is 18.3. The first-order valence-corrected chi connectivity index (χ1v) is 10.8. The second-order valence-electron chi connectivity index (χ2n) is 7.08. The van der Waals surface area contributed by atoms with E-state index in [0.29, 0.717) is 26.4 Å². The van der Waals surface area contributed by atoms with Crippen molar-refractivity contribution in [3.05, 3.63) is 109 Å². The Bertz CT molecular complexity index is 976. The zero-order valence-electron chi connectivity index (χ0n) is 18.3. The molecule has 0 unspecified atom stereocenters. The SMILES string of the molecule is c1ccc(Oc2ccc(OCCOCCOc3ccc(Oc4ccccc4)cc3)cc2)cc1.